The van der Waals surface area contributed by atoms with Crippen molar-refractivity contribution in [1.82, 2.24) is 10.2 Å². The molecule has 0 aromatic heterocycles. The second kappa shape index (κ2) is 5.60. The summed E-state index contributed by atoms with van der Waals surface area (Å²) in [6.45, 7) is 16.1. The van der Waals surface area contributed by atoms with E-state index in [2.05, 4.69) is 58.7 Å². The second-order valence-corrected chi connectivity index (χ2v) is 7.42. The molecule has 0 aliphatic carbocycles. The van der Waals surface area contributed by atoms with Gasteiger partial charge in [0, 0.05) is 6.54 Å². The molecule has 1 N–H and O–H groups in total. The number of nitrogens with one attached hydrogen (secondary N) is 1. The predicted molar refractivity (Wildman–Crippen MR) is 76.2 cm³/mol. The van der Waals surface area contributed by atoms with Crippen LogP contribution in [0.15, 0.2) is 0 Å². The average molecular weight is 254 g/mol. The van der Waals surface area contributed by atoms with Crippen molar-refractivity contribution in [1.29, 1.82) is 0 Å². The molecule has 1 rings (SSSR count). The number of carbonyl (C=O) groups excluding carboxylic acids is 1. The van der Waals surface area contributed by atoms with Gasteiger partial charge in [-0.3, -0.25) is 10.1 Å². The molecule has 1 fully saturated rings. The van der Waals surface area contributed by atoms with Crippen LogP contribution < -0.4 is 5.32 Å². The Hall–Kier alpha value is -0.570. The maximum atomic E-state index is 12.4. The summed E-state index contributed by atoms with van der Waals surface area (Å²) >= 11 is 0. The van der Waals surface area contributed by atoms with E-state index < -0.39 is 0 Å². The van der Waals surface area contributed by atoms with Crippen molar-refractivity contribution in [2.75, 3.05) is 6.54 Å². The van der Waals surface area contributed by atoms with Gasteiger partial charge in [0.15, 0.2) is 0 Å². The van der Waals surface area contributed by atoms with Gasteiger partial charge in [-0.15, -0.1) is 0 Å². The van der Waals surface area contributed by atoms with Gasteiger partial charge in [-0.05, 0) is 23.7 Å². The molecule has 18 heavy (non-hydrogen) atoms. The first-order valence-electron chi connectivity index (χ1n) is 7.20. The Kier molecular flexibility index (Phi) is 4.82. The van der Waals surface area contributed by atoms with Crippen LogP contribution in [0.2, 0.25) is 0 Å². The zero-order chi connectivity index (χ0) is 14.1. The molecule has 3 heteroatoms. The van der Waals surface area contributed by atoms with E-state index in [0.29, 0.717) is 11.8 Å². The third kappa shape index (κ3) is 3.71. The summed E-state index contributed by atoms with van der Waals surface area (Å²) in [7, 11) is 0. The molecule has 0 spiro atoms. The lowest BCUT2D eigenvalue weighted by Gasteiger charge is -2.30. The highest BCUT2D eigenvalue weighted by atomic mass is 16.2. The first-order chi connectivity index (χ1) is 8.13. The van der Waals surface area contributed by atoms with Crippen LogP contribution in [0.4, 0.5) is 0 Å². The lowest BCUT2D eigenvalue weighted by Crippen LogP contribution is -2.42. The van der Waals surface area contributed by atoms with Crippen LogP contribution in [0, 0.1) is 17.3 Å². The molecule has 0 aromatic carbocycles. The molecule has 1 saturated heterocycles. The molecule has 3 nitrogen and oxygen atoms in total. The maximum absolute atomic E-state index is 12.4. The molecular formula is C15H30N2O. The predicted octanol–water partition coefficient (Wildman–Crippen LogP) is 2.86. The minimum Gasteiger partial charge on any atom is -0.326 e. The molecule has 2 unspecified atom stereocenters. The van der Waals surface area contributed by atoms with E-state index in [4.69, 9.17) is 0 Å². The van der Waals surface area contributed by atoms with E-state index in [1.165, 1.54) is 0 Å². The van der Waals surface area contributed by atoms with Crippen LogP contribution in [0.25, 0.3) is 0 Å². The molecule has 1 amide bonds. The number of rotatable bonds is 4. The average Bonchev–Trinajstić information content (AvgIpc) is 2.51. The molecule has 0 saturated carbocycles. The van der Waals surface area contributed by atoms with Crippen LogP contribution in [0.1, 0.15) is 54.9 Å². The Morgan fingerprint density at radius 1 is 1.17 bits per heavy atom. The summed E-state index contributed by atoms with van der Waals surface area (Å²) in [5.41, 5.74) is 0.276. The Morgan fingerprint density at radius 3 is 2.11 bits per heavy atom. The van der Waals surface area contributed by atoms with Crippen LogP contribution in [-0.4, -0.2) is 29.6 Å². The summed E-state index contributed by atoms with van der Waals surface area (Å²) in [4.78, 5) is 14.5. The normalized spacial score (nSPS) is 25.6. The molecule has 2 atom stereocenters. The highest BCUT2D eigenvalue weighted by molar-refractivity contribution is 5.84. The van der Waals surface area contributed by atoms with Crippen molar-refractivity contribution in [3.63, 3.8) is 0 Å². The van der Waals surface area contributed by atoms with Crippen molar-refractivity contribution >= 4 is 5.91 Å². The molecular weight excluding hydrogens is 224 g/mol. The van der Waals surface area contributed by atoms with Gasteiger partial charge in [0.1, 0.15) is 0 Å². The van der Waals surface area contributed by atoms with Crippen LogP contribution in [0.3, 0.4) is 0 Å². The summed E-state index contributed by atoms with van der Waals surface area (Å²) in [6, 6.07) is -0.00244. The van der Waals surface area contributed by atoms with Crippen LogP contribution in [0.5, 0.6) is 0 Å². The zero-order valence-electron chi connectivity index (χ0n) is 13.1. The van der Waals surface area contributed by atoms with E-state index in [-0.39, 0.29) is 23.5 Å². The van der Waals surface area contributed by atoms with Crippen molar-refractivity contribution in [3.8, 4) is 0 Å². The number of carbonyl (C=O) groups is 1. The summed E-state index contributed by atoms with van der Waals surface area (Å²) in [6.07, 6.45) is 1.25. The minimum absolute atomic E-state index is 0.00244. The van der Waals surface area contributed by atoms with Crippen molar-refractivity contribution in [2.24, 2.45) is 17.3 Å². The topological polar surface area (TPSA) is 32.3 Å². The van der Waals surface area contributed by atoms with Crippen LogP contribution >= 0.6 is 0 Å². The zero-order valence-corrected chi connectivity index (χ0v) is 13.1. The SMILES string of the molecule is CC(C)C1NC(C(C)C)N(CCC(C)(C)C)C1=O. The molecule has 1 heterocycles. The molecule has 0 radical (unpaired) electrons. The van der Waals surface area contributed by atoms with Gasteiger partial charge in [0.2, 0.25) is 5.91 Å². The summed E-state index contributed by atoms with van der Waals surface area (Å²) in [5.74, 6) is 1.10. The van der Waals surface area contributed by atoms with E-state index >= 15 is 0 Å². The summed E-state index contributed by atoms with van der Waals surface area (Å²) in [5, 5.41) is 3.50. The summed E-state index contributed by atoms with van der Waals surface area (Å²) < 4.78 is 0. The van der Waals surface area contributed by atoms with Crippen molar-refractivity contribution in [2.45, 2.75) is 67.1 Å². The second-order valence-electron chi connectivity index (χ2n) is 7.42. The van der Waals surface area contributed by atoms with E-state index in [0.717, 1.165) is 13.0 Å². The monoisotopic (exact) mass is 254 g/mol. The Labute approximate surface area is 112 Å². The molecule has 0 aromatic rings. The molecule has 1 aliphatic heterocycles. The lowest BCUT2D eigenvalue weighted by molar-refractivity contribution is -0.131. The van der Waals surface area contributed by atoms with Gasteiger partial charge >= 0.3 is 0 Å². The Bertz CT molecular complexity index is 291. The molecule has 106 valence electrons. The first kappa shape index (κ1) is 15.5. The van der Waals surface area contributed by atoms with Gasteiger partial charge < -0.3 is 4.90 Å². The Balaban J connectivity index is 2.75. The number of amides is 1. The number of hydrogen-bond donors (Lipinski definition) is 1. The number of hydrogen-bond acceptors (Lipinski definition) is 2. The quantitative estimate of drug-likeness (QED) is 0.836. The third-order valence-electron chi connectivity index (χ3n) is 3.64. The maximum Gasteiger partial charge on any atom is 0.241 e. The van der Waals surface area contributed by atoms with E-state index in [1.54, 1.807) is 0 Å². The minimum atomic E-state index is -0.00244. The van der Waals surface area contributed by atoms with Gasteiger partial charge in [-0.2, -0.15) is 0 Å². The highest BCUT2D eigenvalue weighted by Crippen LogP contribution is 2.25. The van der Waals surface area contributed by atoms with Gasteiger partial charge in [-0.25, -0.2) is 0 Å². The molecule has 0 bridgehead atoms. The van der Waals surface area contributed by atoms with E-state index in [1.807, 2.05) is 0 Å². The first-order valence-corrected chi connectivity index (χ1v) is 7.20. The fourth-order valence-corrected chi connectivity index (χ4v) is 2.40. The molecule has 1 aliphatic rings. The van der Waals surface area contributed by atoms with Gasteiger partial charge in [0.05, 0.1) is 12.2 Å². The lowest BCUT2D eigenvalue weighted by atomic mass is 9.92. The van der Waals surface area contributed by atoms with Crippen LogP contribution in [-0.2, 0) is 4.79 Å². The smallest absolute Gasteiger partial charge is 0.241 e. The van der Waals surface area contributed by atoms with E-state index in [9.17, 15) is 4.79 Å². The fourth-order valence-electron chi connectivity index (χ4n) is 2.40. The standard InChI is InChI=1S/C15H30N2O/c1-10(2)12-14(18)17(9-8-15(5,6)7)13(16-12)11(3)4/h10-13,16H,8-9H2,1-7H3. The van der Waals surface area contributed by atoms with Crippen molar-refractivity contribution < 1.29 is 4.79 Å². The Morgan fingerprint density at radius 2 is 1.72 bits per heavy atom. The van der Waals surface area contributed by atoms with Gasteiger partial charge in [-0.1, -0.05) is 48.5 Å². The highest BCUT2D eigenvalue weighted by Gasteiger charge is 2.41. The van der Waals surface area contributed by atoms with Crippen molar-refractivity contribution in [3.05, 3.63) is 0 Å². The third-order valence-corrected chi connectivity index (χ3v) is 3.64. The largest absolute Gasteiger partial charge is 0.326 e. The number of nitrogens with zero attached hydrogens (tertiary/aromatic N) is 1. The van der Waals surface area contributed by atoms with Gasteiger partial charge in [0.25, 0.3) is 0 Å². The fraction of sp³-hybridized carbons (Fsp3) is 0.933.